The Morgan fingerprint density at radius 1 is 0.303 bits per heavy atom. The summed E-state index contributed by atoms with van der Waals surface area (Å²) in [7, 11) is 0. The normalized spacial score (nSPS) is 12.3. The lowest BCUT2D eigenvalue weighted by Crippen LogP contribution is -2.30. The van der Waals surface area contributed by atoms with Crippen LogP contribution in [0.15, 0.2) is 48.6 Å². The maximum absolute atomic E-state index is 12.8. The molecule has 0 saturated heterocycles. The van der Waals surface area contributed by atoms with E-state index in [1.807, 2.05) is 0 Å². The number of unbranched alkanes of at least 4 members (excludes halogenated alkanes) is 33. The standard InChI is InChI=1S/C60H108O6/c1-4-7-10-13-16-19-22-25-28-30-32-35-38-41-44-47-50-53-59(62)65-56-57(55-64-58(61)52-49-46-43-40-37-34-27-24-21-18-15-12-9-6-3)66-60(63)54-51-48-45-42-39-36-33-31-29-26-23-20-17-14-11-8-5-2/h16,19,24-29,57H,4-15,17-18,20-23,30-56H2,1-3H3/b19-16-,27-24-,28-25-,29-26-/t57-/m1/s1. The van der Waals surface area contributed by atoms with Crippen molar-refractivity contribution < 1.29 is 28.6 Å². The Bertz CT molecular complexity index is 1150. The van der Waals surface area contributed by atoms with Gasteiger partial charge in [-0.1, -0.05) is 223 Å². The van der Waals surface area contributed by atoms with E-state index in [1.165, 1.54) is 180 Å². The van der Waals surface area contributed by atoms with Crippen LogP contribution in [0.3, 0.4) is 0 Å². The van der Waals surface area contributed by atoms with Gasteiger partial charge in [-0.05, 0) is 103 Å². The number of carbonyl (C=O) groups is 3. The molecule has 0 aromatic carbocycles. The molecular formula is C60H108O6. The number of carbonyl (C=O) groups excluding carboxylic acids is 3. The lowest BCUT2D eigenvalue weighted by atomic mass is 10.1. The van der Waals surface area contributed by atoms with Gasteiger partial charge in [0.1, 0.15) is 13.2 Å². The first-order valence-electron chi connectivity index (χ1n) is 28.6. The van der Waals surface area contributed by atoms with Crippen molar-refractivity contribution in [2.45, 2.75) is 303 Å². The van der Waals surface area contributed by atoms with Crippen LogP contribution in [0.25, 0.3) is 0 Å². The van der Waals surface area contributed by atoms with Gasteiger partial charge in [-0.3, -0.25) is 14.4 Å². The highest BCUT2D eigenvalue weighted by Crippen LogP contribution is 2.15. The van der Waals surface area contributed by atoms with Crippen molar-refractivity contribution in [3.8, 4) is 0 Å². The molecule has 0 aliphatic rings. The maximum Gasteiger partial charge on any atom is 0.306 e. The minimum absolute atomic E-state index is 0.0803. The van der Waals surface area contributed by atoms with Crippen molar-refractivity contribution in [1.29, 1.82) is 0 Å². The summed E-state index contributed by atoms with van der Waals surface area (Å²) >= 11 is 0. The molecule has 0 fully saturated rings. The van der Waals surface area contributed by atoms with Gasteiger partial charge in [-0.2, -0.15) is 0 Å². The number of ether oxygens (including phenoxy) is 3. The number of rotatable bonds is 52. The zero-order valence-electron chi connectivity index (χ0n) is 44.0. The van der Waals surface area contributed by atoms with Crippen LogP contribution >= 0.6 is 0 Å². The third kappa shape index (κ3) is 52.3. The molecule has 0 amide bonds. The Balaban J connectivity index is 4.39. The summed E-state index contributed by atoms with van der Waals surface area (Å²) in [5.41, 5.74) is 0. The summed E-state index contributed by atoms with van der Waals surface area (Å²) in [5.74, 6) is -0.888. The van der Waals surface area contributed by atoms with Gasteiger partial charge < -0.3 is 14.2 Å². The molecule has 0 spiro atoms. The Morgan fingerprint density at radius 2 is 0.545 bits per heavy atom. The monoisotopic (exact) mass is 925 g/mol. The van der Waals surface area contributed by atoms with Crippen LogP contribution in [0.1, 0.15) is 297 Å². The van der Waals surface area contributed by atoms with E-state index in [4.69, 9.17) is 14.2 Å². The Kier molecular flexibility index (Phi) is 52.8. The number of hydrogen-bond donors (Lipinski definition) is 0. The highest BCUT2D eigenvalue weighted by Gasteiger charge is 2.19. The van der Waals surface area contributed by atoms with E-state index in [9.17, 15) is 14.4 Å². The quantitative estimate of drug-likeness (QED) is 0.0262. The van der Waals surface area contributed by atoms with Crippen molar-refractivity contribution in [1.82, 2.24) is 0 Å². The Labute approximate surface area is 409 Å². The van der Waals surface area contributed by atoms with E-state index in [0.29, 0.717) is 19.3 Å². The molecular weight excluding hydrogens is 817 g/mol. The smallest absolute Gasteiger partial charge is 0.306 e. The van der Waals surface area contributed by atoms with Gasteiger partial charge in [0.15, 0.2) is 6.10 Å². The Morgan fingerprint density at radius 3 is 0.879 bits per heavy atom. The van der Waals surface area contributed by atoms with E-state index in [-0.39, 0.29) is 31.1 Å². The fourth-order valence-corrected chi connectivity index (χ4v) is 8.17. The van der Waals surface area contributed by atoms with Crippen LogP contribution in [0, 0.1) is 0 Å². The van der Waals surface area contributed by atoms with Crippen LogP contribution in [0.4, 0.5) is 0 Å². The lowest BCUT2D eigenvalue weighted by Gasteiger charge is -2.18. The van der Waals surface area contributed by atoms with E-state index in [2.05, 4.69) is 69.4 Å². The predicted octanol–water partition coefficient (Wildman–Crippen LogP) is 19.0. The molecule has 66 heavy (non-hydrogen) atoms. The first-order chi connectivity index (χ1) is 32.5. The van der Waals surface area contributed by atoms with Crippen molar-refractivity contribution in [3.63, 3.8) is 0 Å². The minimum Gasteiger partial charge on any atom is -0.462 e. The number of allylic oxidation sites excluding steroid dienone is 8. The first kappa shape index (κ1) is 63.4. The van der Waals surface area contributed by atoms with Crippen molar-refractivity contribution in [2.75, 3.05) is 13.2 Å². The van der Waals surface area contributed by atoms with Gasteiger partial charge >= 0.3 is 17.9 Å². The van der Waals surface area contributed by atoms with E-state index < -0.39 is 6.10 Å². The summed E-state index contributed by atoms with van der Waals surface area (Å²) in [6.07, 6.45) is 66.6. The van der Waals surface area contributed by atoms with Gasteiger partial charge in [0, 0.05) is 19.3 Å². The second-order valence-corrected chi connectivity index (χ2v) is 19.2. The fourth-order valence-electron chi connectivity index (χ4n) is 8.17. The second kappa shape index (κ2) is 55.0. The molecule has 0 radical (unpaired) electrons. The predicted molar refractivity (Wildman–Crippen MR) is 284 cm³/mol. The average Bonchev–Trinajstić information content (AvgIpc) is 3.31. The molecule has 0 aromatic heterocycles. The molecule has 0 rings (SSSR count). The molecule has 6 nitrogen and oxygen atoms in total. The van der Waals surface area contributed by atoms with E-state index in [0.717, 1.165) is 77.0 Å². The lowest BCUT2D eigenvalue weighted by molar-refractivity contribution is -0.167. The summed E-state index contributed by atoms with van der Waals surface area (Å²) in [6, 6.07) is 0. The van der Waals surface area contributed by atoms with Crippen molar-refractivity contribution >= 4 is 17.9 Å². The van der Waals surface area contributed by atoms with Crippen molar-refractivity contribution in [2.24, 2.45) is 0 Å². The van der Waals surface area contributed by atoms with Crippen LogP contribution < -0.4 is 0 Å². The summed E-state index contributed by atoms with van der Waals surface area (Å²) in [4.78, 5) is 38.1. The third-order valence-corrected chi connectivity index (χ3v) is 12.5. The first-order valence-corrected chi connectivity index (χ1v) is 28.6. The summed E-state index contributed by atoms with van der Waals surface area (Å²) in [5, 5.41) is 0. The number of esters is 3. The van der Waals surface area contributed by atoms with Crippen LogP contribution in [-0.2, 0) is 28.6 Å². The molecule has 0 aromatic rings. The van der Waals surface area contributed by atoms with Gasteiger partial charge in [-0.25, -0.2) is 0 Å². The molecule has 0 aliphatic carbocycles. The van der Waals surface area contributed by atoms with Crippen molar-refractivity contribution in [3.05, 3.63) is 48.6 Å². The molecule has 1 atom stereocenters. The molecule has 0 bridgehead atoms. The van der Waals surface area contributed by atoms with E-state index in [1.54, 1.807) is 0 Å². The molecule has 0 aliphatic heterocycles. The molecule has 0 unspecified atom stereocenters. The van der Waals surface area contributed by atoms with Crippen LogP contribution in [0.2, 0.25) is 0 Å². The molecule has 384 valence electrons. The highest BCUT2D eigenvalue weighted by atomic mass is 16.6. The average molecular weight is 926 g/mol. The van der Waals surface area contributed by atoms with Gasteiger partial charge in [-0.15, -0.1) is 0 Å². The summed E-state index contributed by atoms with van der Waals surface area (Å²) < 4.78 is 16.9. The molecule has 0 saturated carbocycles. The van der Waals surface area contributed by atoms with Gasteiger partial charge in [0.25, 0.3) is 0 Å². The molecule has 0 N–H and O–H groups in total. The maximum atomic E-state index is 12.8. The van der Waals surface area contributed by atoms with Gasteiger partial charge in [0.05, 0.1) is 0 Å². The van der Waals surface area contributed by atoms with Crippen LogP contribution in [-0.4, -0.2) is 37.2 Å². The topological polar surface area (TPSA) is 78.9 Å². The number of hydrogen-bond acceptors (Lipinski definition) is 6. The molecule has 6 heteroatoms. The summed E-state index contributed by atoms with van der Waals surface area (Å²) in [6.45, 7) is 6.61. The fraction of sp³-hybridized carbons (Fsp3) is 0.817. The van der Waals surface area contributed by atoms with E-state index >= 15 is 0 Å². The second-order valence-electron chi connectivity index (χ2n) is 19.2. The zero-order chi connectivity index (χ0) is 47.9. The highest BCUT2D eigenvalue weighted by molar-refractivity contribution is 5.71. The minimum atomic E-state index is -0.781. The van der Waals surface area contributed by atoms with Gasteiger partial charge in [0.2, 0.25) is 0 Å². The third-order valence-electron chi connectivity index (χ3n) is 12.5. The molecule has 0 heterocycles. The SMILES string of the molecule is CCCCC/C=C\C/C=C\CCCCCCCCCC(=O)OC[C@@H](COC(=O)CCCCCCC/C=C\CCCCCCC)OC(=O)CCCCCCCCC/C=C\CCCCCCCC. The Hall–Kier alpha value is -2.63. The van der Waals surface area contributed by atoms with Crippen LogP contribution in [0.5, 0.6) is 0 Å². The zero-order valence-corrected chi connectivity index (χ0v) is 44.0. The largest absolute Gasteiger partial charge is 0.462 e.